The summed E-state index contributed by atoms with van der Waals surface area (Å²) in [6.45, 7) is 1.97. The van der Waals surface area contributed by atoms with E-state index in [0.717, 1.165) is 15.8 Å². The highest BCUT2D eigenvalue weighted by molar-refractivity contribution is 7.91. The van der Waals surface area contributed by atoms with Gasteiger partial charge < -0.3 is 0 Å². The van der Waals surface area contributed by atoms with Crippen LogP contribution in [-0.4, -0.2) is 25.1 Å². The number of nitrogens with zero attached hydrogens (tertiary/aromatic N) is 2. The number of thiazole rings is 1. The van der Waals surface area contributed by atoms with Crippen molar-refractivity contribution in [3.8, 4) is 0 Å². The molecule has 1 aromatic heterocycles. The summed E-state index contributed by atoms with van der Waals surface area (Å²) in [7, 11) is -3.31. The van der Waals surface area contributed by atoms with Gasteiger partial charge in [-0.2, -0.15) is 0 Å². The first kappa shape index (κ1) is 20.3. The lowest BCUT2D eigenvalue weighted by atomic mass is 10.1. The van der Waals surface area contributed by atoms with E-state index in [4.69, 9.17) is 0 Å². The molecule has 5 nitrogen and oxygen atoms in total. The van der Waals surface area contributed by atoms with E-state index in [0.29, 0.717) is 17.2 Å². The molecule has 4 rings (SSSR count). The van der Waals surface area contributed by atoms with E-state index in [2.05, 4.69) is 4.98 Å². The Morgan fingerprint density at radius 1 is 0.933 bits per heavy atom. The summed E-state index contributed by atoms with van der Waals surface area (Å²) in [6.07, 6.45) is 0. The Morgan fingerprint density at radius 3 is 2.27 bits per heavy atom. The molecule has 4 aromatic rings. The third-order valence-electron chi connectivity index (χ3n) is 4.78. The van der Waals surface area contributed by atoms with Crippen LogP contribution in [0.25, 0.3) is 10.2 Å². The zero-order valence-corrected chi connectivity index (χ0v) is 18.0. The van der Waals surface area contributed by atoms with Gasteiger partial charge in [-0.1, -0.05) is 60.7 Å². The maximum atomic E-state index is 13.4. The Hall–Kier alpha value is -3.03. The first-order chi connectivity index (χ1) is 14.5. The number of rotatable bonds is 6. The molecular weight excluding hydrogens is 416 g/mol. The Balaban J connectivity index is 1.72. The number of hydrogen-bond donors (Lipinski definition) is 0. The zero-order valence-electron chi connectivity index (χ0n) is 16.4. The lowest BCUT2D eigenvalue weighted by Crippen LogP contribution is -2.30. The molecule has 0 aliphatic rings. The van der Waals surface area contributed by atoms with Gasteiger partial charge in [-0.15, -0.1) is 0 Å². The molecule has 0 spiro atoms. The van der Waals surface area contributed by atoms with Gasteiger partial charge in [0.15, 0.2) is 15.0 Å². The van der Waals surface area contributed by atoms with E-state index in [1.165, 1.54) is 23.5 Å². The van der Waals surface area contributed by atoms with Crippen LogP contribution in [0.2, 0.25) is 0 Å². The molecule has 0 aliphatic carbocycles. The fourth-order valence-corrected chi connectivity index (χ4v) is 4.94. The maximum absolute atomic E-state index is 13.4. The number of para-hydroxylation sites is 1. The third kappa shape index (κ3) is 4.13. The fraction of sp³-hybridized carbons (Fsp3) is 0.130. The largest absolute Gasteiger partial charge is 0.279 e. The summed E-state index contributed by atoms with van der Waals surface area (Å²) in [5.41, 5.74) is 2.24. The predicted octanol–water partition coefficient (Wildman–Crippen LogP) is 4.94. The molecule has 0 fully saturated rings. The average molecular weight is 437 g/mol. The van der Waals surface area contributed by atoms with E-state index in [1.54, 1.807) is 24.0 Å². The molecule has 3 aromatic carbocycles. The van der Waals surface area contributed by atoms with E-state index < -0.39 is 9.84 Å². The highest BCUT2D eigenvalue weighted by atomic mass is 32.2. The van der Waals surface area contributed by atoms with Crippen molar-refractivity contribution in [2.75, 3.05) is 10.7 Å². The highest BCUT2D eigenvalue weighted by Gasteiger charge is 2.22. The third-order valence-corrected chi connectivity index (χ3v) is 7.59. The Morgan fingerprint density at radius 2 is 1.60 bits per heavy atom. The van der Waals surface area contributed by atoms with Gasteiger partial charge in [0.05, 0.1) is 27.4 Å². The van der Waals surface area contributed by atoms with E-state index in [1.807, 2.05) is 54.6 Å². The van der Waals surface area contributed by atoms with Gasteiger partial charge in [-0.3, -0.25) is 9.69 Å². The van der Waals surface area contributed by atoms with E-state index in [-0.39, 0.29) is 16.6 Å². The van der Waals surface area contributed by atoms with Crippen molar-refractivity contribution in [2.24, 2.45) is 0 Å². The molecule has 7 heteroatoms. The molecule has 30 heavy (non-hydrogen) atoms. The minimum absolute atomic E-state index is 0.0200. The lowest BCUT2D eigenvalue weighted by Gasteiger charge is -2.20. The fourth-order valence-electron chi connectivity index (χ4n) is 3.10. The minimum atomic E-state index is -3.31. The summed E-state index contributed by atoms with van der Waals surface area (Å²) in [5.74, 6) is -0.204. The molecule has 0 aliphatic heterocycles. The second-order valence-corrected chi connectivity index (χ2v) is 10.1. The number of hydrogen-bond acceptors (Lipinski definition) is 5. The second-order valence-electron chi connectivity index (χ2n) is 6.77. The molecular formula is C23H20N2O3S2. The zero-order chi connectivity index (χ0) is 21.1. The molecule has 0 saturated carbocycles. The number of anilines is 1. The SMILES string of the molecule is CCS(=O)(=O)c1ccc(C(=O)N(Cc2ccccc2)c2nc3ccccc3s2)cc1. The van der Waals surface area contributed by atoms with Gasteiger partial charge >= 0.3 is 0 Å². The summed E-state index contributed by atoms with van der Waals surface area (Å²) in [6, 6.07) is 23.6. The van der Waals surface area contributed by atoms with Gasteiger partial charge in [0.1, 0.15) is 0 Å². The van der Waals surface area contributed by atoms with Gasteiger partial charge in [0, 0.05) is 5.56 Å². The number of sulfone groups is 1. The summed E-state index contributed by atoms with van der Waals surface area (Å²) in [4.78, 5) is 19.9. The van der Waals surface area contributed by atoms with E-state index in [9.17, 15) is 13.2 Å². The molecule has 0 saturated heterocycles. The first-order valence-corrected chi connectivity index (χ1v) is 12.0. The topological polar surface area (TPSA) is 67.3 Å². The molecule has 1 amide bonds. The molecule has 0 N–H and O–H groups in total. The van der Waals surface area contributed by atoms with Crippen LogP contribution in [-0.2, 0) is 16.4 Å². The van der Waals surface area contributed by atoms with Crippen LogP contribution in [0.5, 0.6) is 0 Å². The number of amides is 1. The van der Waals surface area contributed by atoms with Crippen LogP contribution in [0.15, 0.2) is 83.8 Å². The van der Waals surface area contributed by atoms with Crippen molar-refractivity contribution < 1.29 is 13.2 Å². The maximum Gasteiger partial charge on any atom is 0.260 e. The van der Waals surface area contributed by atoms with Crippen LogP contribution in [0.3, 0.4) is 0 Å². The van der Waals surface area contributed by atoms with Gasteiger partial charge in [0.2, 0.25) is 0 Å². The minimum Gasteiger partial charge on any atom is -0.279 e. The highest BCUT2D eigenvalue weighted by Crippen LogP contribution is 2.31. The molecule has 0 bridgehead atoms. The van der Waals surface area contributed by atoms with Gasteiger partial charge in [0.25, 0.3) is 5.91 Å². The molecule has 152 valence electrons. The van der Waals surface area contributed by atoms with Crippen LogP contribution in [0.4, 0.5) is 5.13 Å². The summed E-state index contributed by atoms with van der Waals surface area (Å²) < 4.78 is 25.2. The monoisotopic (exact) mass is 436 g/mol. The van der Waals surface area contributed by atoms with Crippen molar-refractivity contribution in [3.63, 3.8) is 0 Å². The Bertz CT molecular complexity index is 1250. The van der Waals surface area contributed by atoms with Crippen molar-refractivity contribution in [3.05, 3.63) is 90.0 Å². The molecule has 0 atom stereocenters. The molecule has 0 unspecified atom stereocenters. The van der Waals surface area contributed by atoms with Crippen LogP contribution in [0, 0.1) is 0 Å². The number of carbonyl (C=O) groups is 1. The van der Waals surface area contributed by atoms with Crippen LogP contribution in [0.1, 0.15) is 22.8 Å². The first-order valence-electron chi connectivity index (χ1n) is 9.52. The van der Waals surface area contributed by atoms with Crippen molar-refractivity contribution in [1.29, 1.82) is 0 Å². The average Bonchev–Trinajstić information content (AvgIpc) is 3.22. The predicted molar refractivity (Wildman–Crippen MR) is 121 cm³/mol. The summed E-state index contributed by atoms with van der Waals surface area (Å²) >= 11 is 1.46. The van der Waals surface area contributed by atoms with Crippen molar-refractivity contribution in [2.45, 2.75) is 18.4 Å². The number of carbonyl (C=O) groups excluding carboxylic acids is 1. The van der Waals surface area contributed by atoms with Crippen LogP contribution >= 0.6 is 11.3 Å². The van der Waals surface area contributed by atoms with Gasteiger partial charge in [-0.25, -0.2) is 13.4 Å². The Kier molecular flexibility index (Phi) is 5.65. The normalized spacial score (nSPS) is 11.5. The quantitative estimate of drug-likeness (QED) is 0.429. The smallest absolute Gasteiger partial charge is 0.260 e. The van der Waals surface area contributed by atoms with E-state index >= 15 is 0 Å². The molecule has 1 heterocycles. The van der Waals surface area contributed by atoms with Gasteiger partial charge in [-0.05, 0) is 42.0 Å². The van der Waals surface area contributed by atoms with Crippen LogP contribution < -0.4 is 4.90 Å². The van der Waals surface area contributed by atoms with Crippen molar-refractivity contribution >= 4 is 42.4 Å². The molecule has 0 radical (unpaired) electrons. The Labute approximate surface area is 179 Å². The summed E-state index contributed by atoms with van der Waals surface area (Å²) in [5, 5.41) is 0.607. The second kappa shape index (κ2) is 8.38. The van der Waals surface area contributed by atoms with Crippen molar-refractivity contribution in [1.82, 2.24) is 4.98 Å². The number of fused-ring (bicyclic) bond motifs is 1. The number of benzene rings is 3. The standard InChI is InChI=1S/C23H20N2O3S2/c1-2-30(27,28)19-14-12-18(13-15-19)22(26)25(16-17-8-4-3-5-9-17)23-24-20-10-6-7-11-21(20)29-23/h3-15H,2,16H2,1H3. The lowest BCUT2D eigenvalue weighted by molar-refractivity contribution is 0.0985. The number of aromatic nitrogens is 1.